The lowest BCUT2D eigenvalue weighted by atomic mass is 10.1. The summed E-state index contributed by atoms with van der Waals surface area (Å²) in [6.07, 6.45) is 7.78. The summed E-state index contributed by atoms with van der Waals surface area (Å²) in [6, 6.07) is 4.21. The number of hydrogen-bond donors (Lipinski definition) is 1. The number of nitrogens with zero attached hydrogens (tertiary/aromatic N) is 1. The van der Waals surface area contributed by atoms with Crippen LogP contribution in [0.15, 0.2) is 36.2 Å². The Labute approximate surface area is 85.9 Å². The Kier molecular flexibility index (Phi) is 4.33. The Hall–Kier alpha value is -1.15. The second kappa shape index (κ2) is 5.55. The molecule has 0 aliphatic rings. The zero-order valence-corrected chi connectivity index (χ0v) is 8.90. The fourth-order valence-electron chi connectivity index (χ4n) is 1.39. The molecule has 0 bridgehead atoms. The van der Waals surface area contributed by atoms with Gasteiger partial charge in [0.1, 0.15) is 0 Å². The Morgan fingerprint density at radius 2 is 2.36 bits per heavy atom. The molecule has 0 saturated heterocycles. The van der Waals surface area contributed by atoms with Gasteiger partial charge in [0.15, 0.2) is 0 Å². The molecule has 0 radical (unpaired) electrons. The van der Waals surface area contributed by atoms with E-state index in [1.807, 2.05) is 12.3 Å². The molecule has 0 aromatic carbocycles. The topological polar surface area (TPSA) is 38.9 Å². The first-order valence-electron chi connectivity index (χ1n) is 4.98. The van der Waals surface area contributed by atoms with Crippen LogP contribution in [0.2, 0.25) is 0 Å². The summed E-state index contributed by atoms with van der Waals surface area (Å²) in [6.45, 7) is 4.15. The number of aryl methyl sites for hydroxylation is 1. The summed E-state index contributed by atoms with van der Waals surface area (Å²) in [5, 5.41) is 0. The molecule has 0 spiro atoms. The third-order valence-electron chi connectivity index (χ3n) is 2.04. The van der Waals surface area contributed by atoms with E-state index in [4.69, 9.17) is 5.73 Å². The molecule has 2 heteroatoms. The van der Waals surface area contributed by atoms with E-state index in [0.717, 1.165) is 12.8 Å². The zero-order chi connectivity index (χ0) is 10.4. The molecule has 0 fully saturated rings. The maximum absolute atomic E-state index is 5.93. The predicted molar refractivity (Wildman–Crippen MR) is 60.0 cm³/mol. The molecule has 76 valence electrons. The largest absolute Gasteiger partial charge is 0.324 e. The van der Waals surface area contributed by atoms with E-state index in [0.29, 0.717) is 0 Å². The van der Waals surface area contributed by atoms with Crippen LogP contribution in [0.1, 0.15) is 25.8 Å². The smallest absolute Gasteiger partial charge is 0.0299 e. The summed E-state index contributed by atoms with van der Waals surface area (Å²) >= 11 is 0. The molecule has 14 heavy (non-hydrogen) atoms. The molecule has 0 saturated carbocycles. The molecule has 0 aliphatic carbocycles. The highest BCUT2D eigenvalue weighted by Gasteiger charge is 1.99. The fraction of sp³-hybridized carbons (Fsp3) is 0.417. The molecule has 1 atom stereocenters. The van der Waals surface area contributed by atoms with Gasteiger partial charge >= 0.3 is 0 Å². The quantitative estimate of drug-likeness (QED) is 0.740. The van der Waals surface area contributed by atoms with E-state index < -0.39 is 0 Å². The van der Waals surface area contributed by atoms with Crippen molar-refractivity contribution in [3.63, 3.8) is 0 Å². The molecule has 1 unspecified atom stereocenters. The van der Waals surface area contributed by atoms with Crippen LogP contribution in [0.25, 0.3) is 0 Å². The Bertz CT molecular complexity index is 286. The van der Waals surface area contributed by atoms with Gasteiger partial charge in [-0.25, -0.2) is 0 Å². The third-order valence-corrected chi connectivity index (χ3v) is 2.04. The monoisotopic (exact) mass is 190 g/mol. The molecule has 1 aromatic rings. The average Bonchev–Trinajstić information content (AvgIpc) is 2.15. The number of hydrogen-bond acceptors (Lipinski definition) is 2. The van der Waals surface area contributed by atoms with E-state index in [1.54, 1.807) is 6.20 Å². The molecule has 1 aromatic heterocycles. The summed E-state index contributed by atoms with van der Waals surface area (Å²) in [7, 11) is 0. The molecule has 0 aliphatic heterocycles. The average molecular weight is 190 g/mol. The highest BCUT2D eigenvalue weighted by Crippen LogP contribution is 2.04. The van der Waals surface area contributed by atoms with Gasteiger partial charge in [-0.3, -0.25) is 4.98 Å². The van der Waals surface area contributed by atoms with Crippen LogP contribution in [0.5, 0.6) is 0 Å². The number of allylic oxidation sites excluding steroid dienone is 1. The minimum Gasteiger partial charge on any atom is -0.324 e. The van der Waals surface area contributed by atoms with Gasteiger partial charge in [-0.05, 0) is 38.3 Å². The van der Waals surface area contributed by atoms with Gasteiger partial charge in [0, 0.05) is 18.4 Å². The van der Waals surface area contributed by atoms with Crippen molar-refractivity contribution in [2.24, 2.45) is 5.73 Å². The van der Waals surface area contributed by atoms with Crippen LogP contribution in [-0.2, 0) is 6.42 Å². The summed E-state index contributed by atoms with van der Waals surface area (Å²) in [4.78, 5) is 4.07. The lowest BCUT2D eigenvalue weighted by molar-refractivity contribution is 0.715. The second-order valence-corrected chi connectivity index (χ2v) is 3.81. The summed E-state index contributed by atoms with van der Waals surface area (Å²) < 4.78 is 0. The first-order valence-corrected chi connectivity index (χ1v) is 4.98. The molecule has 2 N–H and O–H groups in total. The Balaban J connectivity index is 2.38. The van der Waals surface area contributed by atoms with Crippen LogP contribution in [0.4, 0.5) is 0 Å². The normalized spacial score (nSPS) is 12.2. The highest BCUT2D eigenvalue weighted by atomic mass is 14.6. The van der Waals surface area contributed by atoms with Crippen LogP contribution >= 0.6 is 0 Å². The predicted octanol–water partition coefficient (Wildman–Crippen LogP) is 2.31. The molecule has 0 amide bonds. The van der Waals surface area contributed by atoms with Crippen molar-refractivity contribution < 1.29 is 0 Å². The highest BCUT2D eigenvalue weighted by molar-refractivity contribution is 5.10. The van der Waals surface area contributed by atoms with Crippen molar-refractivity contribution >= 4 is 0 Å². The van der Waals surface area contributed by atoms with Gasteiger partial charge in [0.25, 0.3) is 0 Å². The Morgan fingerprint density at radius 3 is 2.93 bits per heavy atom. The van der Waals surface area contributed by atoms with E-state index in [9.17, 15) is 0 Å². The minimum atomic E-state index is 0.167. The zero-order valence-electron chi connectivity index (χ0n) is 8.90. The minimum absolute atomic E-state index is 0.167. The van der Waals surface area contributed by atoms with E-state index in [2.05, 4.69) is 31.0 Å². The van der Waals surface area contributed by atoms with Gasteiger partial charge in [-0.15, -0.1) is 0 Å². The third kappa shape index (κ3) is 4.19. The van der Waals surface area contributed by atoms with Gasteiger partial charge in [-0.1, -0.05) is 17.7 Å². The molecule has 1 rings (SSSR count). The number of pyridine rings is 1. The number of aromatic nitrogens is 1. The SMILES string of the molecule is CC(C)=CC(N)CCc1cccnc1. The van der Waals surface area contributed by atoms with E-state index >= 15 is 0 Å². The van der Waals surface area contributed by atoms with Crippen LogP contribution in [0, 0.1) is 0 Å². The fourth-order valence-corrected chi connectivity index (χ4v) is 1.39. The number of rotatable bonds is 4. The van der Waals surface area contributed by atoms with E-state index in [1.165, 1.54) is 11.1 Å². The molecular weight excluding hydrogens is 172 g/mol. The van der Waals surface area contributed by atoms with Crippen molar-refractivity contribution in [2.45, 2.75) is 32.7 Å². The van der Waals surface area contributed by atoms with Crippen molar-refractivity contribution in [1.29, 1.82) is 0 Å². The number of nitrogens with two attached hydrogens (primary N) is 1. The summed E-state index contributed by atoms with van der Waals surface area (Å²) in [5.74, 6) is 0. The standard InChI is InChI=1S/C12H18N2/c1-10(2)8-12(13)6-5-11-4-3-7-14-9-11/h3-4,7-9,12H,5-6,13H2,1-2H3. The van der Waals surface area contributed by atoms with Crippen molar-refractivity contribution in [1.82, 2.24) is 4.98 Å². The second-order valence-electron chi connectivity index (χ2n) is 3.81. The first kappa shape index (κ1) is 10.9. The molecular formula is C12H18N2. The van der Waals surface area contributed by atoms with Gasteiger partial charge in [0.05, 0.1) is 0 Å². The Morgan fingerprint density at radius 1 is 1.57 bits per heavy atom. The van der Waals surface area contributed by atoms with Crippen molar-refractivity contribution in [3.8, 4) is 0 Å². The van der Waals surface area contributed by atoms with Crippen molar-refractivity contribution in [2.75, 3.05) is 0 Å². The summed E-state index contributed by atoms with van der Waals surface area (Å²) in [5.41, 5.74) is 8.46. The lowest BCUT2D eigenvalue weighted by Gasteiger charge is -2.06. The molecule has 1 heterocycles. The molecule has 2 nitrogen and oxygen atoms in total. The van der Waals surface area contributed by atoms with E-state index in [-0.39, 0.29) is 6.04 Å². The van der Waals surface area contributed by atoms with Gasteiger partial charge in [0.2, 0.25) is 0 Å². The lowest BCUT2D eigenvalue weighted by Crippen LogP contribution is -2.18. The van der Waals surface area contributed by atoms with Gasteiger partial charge in [-0.2, -0.15) is 0 Å². The van der Waals surface area contributed by atoms with Crippen LogP contribution in [0.3, 0.4) is 0 Å². The maximum Gasteiger partial charge on any atom is 0.0299 e. The van der Waals surface area contributed by atoms with Crippen LogP contribution < -0.4 is 5.73 Å². The first-order chi connectivity index (χ1) is 6.68. The van der Waals surface area contributed by atoms with Crippen LogP contribution in [-0.4, -0.2) is 11.0 Å². The van der Waals surface area contributed by atoms with Crippen molar-refractivity contribution in [3.05, 3.63) is 41.7 Å². The maximum atomic E-state index is 5.93. The van der Waals surface area contributed by atoms with Gasteiger partial charge < -0.3 is 5.73 Å².